The van der Waals surface area contributed by atoms with Crippen LogP contribution in [0.3, 0.4) is 0 Å². The highest BCUT2D eigenvalue weighted by Crippen LogP contribution is 2.26. The van der Waals surface area contributed by atoms with Gasteiger partial charge < -0.3 is 10.1 Å². The minimum absolute atomic E-state index is 0.508. The lowest BCUT2D eigenvalue weighted by atomic mass is 9.91. The predicted molar refractivity (Wildman–Crippen MR) is 80.7 cm³/mol. The Hall–Kier alpha value is -0.860. The fraction of sp³-hybridized carbons (Fsp3) is 0.647. The maximum atomic E-state index is 5.75. The molecule has 1 aromatic rings. The van der Waals surface area contributed by atoms with Gasteiger partial charge in [-0.1, -0.05) is 36.8 Å². The van der Waals surface area contributed by atoms with E-state index in [1.54, 1.807) is 0 Å². The van der Waals surface area contributed by atoms with Crippen LogP contribution < -0.4 is 5.32 Å². The molecule has 19 heavy (non-hydrogen) atoms. The Morgan fingerprint density at radius 1 is 1.42 bits per heavy atom. The van der Waals surface area contributed by atoms with Crippen molar-refractivity contribution in [3.63, 3.8) is 0 Å². The van der Waals surface area contributed by atoms with E-state index in [0.717, 1.165) is 19.7 Å². The summed E-state index contributed by atoms with van der Waals surface area (Å²) in [6.45, 7) is 7.43. The largest absolute Gasteiger partial charge is 0.378 e. The van der Waals surface area contributed by atoms with Gasteiger partial charge in [-0.3, -0.25) is 0 Å². The molecule has 1 aromatic carbocycles. The van der Waals surface area contributed by atoms with E-state index in [0.29, 0.717) is 12.0 Å². The van der Waals surface area contributed by atoms with Crippen LogP contribution in [0.1, 0.15) is 49.7 Å². The molecule has 2 rings (SSSR count). The Morgan fingerprint density at radius 3 is 3.00 bits per heavy atom. The van der Waals surface area contributed by atoms with Gasteiger partial charge in [-0.05, 0) is 50.6 Å². The summed E-state index contributed by atoms with van der Waals surface area (Å²) in [4.78, 5) is 0. The molecule has 2 atom stereocenters. The number of rotatable bonds is 7. The Bertz CT molecular complexity index is 371. The quantitative estimate of drug-likeness (QED) is 0.809. The number of hydrogen-bond donors (Lipinski definition) is 1. The normalized spacial score (nSPS) is 20.6. The topological polar surface area (TPSA) is 21.3 Å². The maximum Gasteiger partial charge on any atom is 0.0576 e. The molecule has 1 heterocycles. The van der Waals surface area contributed by atoms with Crippen LogP contribution in [0.15, 0.2) is 24.3 Å². The van der Waals surface area contributed by atoms with Gasteiger partial charge in [0.05, 0.1) is 6.10 Å². The fourth-order valence-electron chi connectivity index (χ4n) is 2.89. The Balaban J connectivity index is 1.94. The molecule has 1 saturated heterocycles. The third-order valence-corrected chi connectivity index (χ3v) is 4.02. The van der Waals surface area contributed by atoms with E-state index >= 15 is 0 Å². The number of likely N-dealkylation sites (N-methyl/N-ethyl adjacent to an activating group) is 1. The summed E-state index contributed by atoms with van der Waals surface area (Å²) in [6, 6.07) is 8.95. The average molecular weight is 261 g/mol. The summed E-state index contributed by atoms with van der Waals surface area (Å²) in [6.07, 6.45) is 5.42. The van der Waals surface area contributed by atoms with Crippen molar-refractivity contribution in [1.29, 1.82) is 0 Å². The van der Waals surface area contributed by atoms with Gasteiger partial charge in [0.2, 0.25) is 0 Å². The van der Waals surface area contributed by atoms with Crippen molar-refractivity contribution in [2.45, 2.75) is 51.6 Å². The molecule has 0 bridgehead atoms. The van der Waals surface area contributed by atoms with Crippen LogP contribution in [0.2, 0.25) is 0 Å². The molecule has 106 valence electrons. The number of benzene rings is 1. The second-order valence-electron chi connectivity index (χ2n) is 5.63. The Kier molecular flexibility index (Phi) is 5.87. The lowest BCUT2D eigenvalue weighted by Crippen LogP contribution is -2.22. The van der Waals surface area contributed by atoms with Crippen molar-refractivity contribution < 1.29 is 4.74 Å². The molecule has 0 radical (unpaired) electrons. The first-order valence-electron chi connectivity index (χ1n) is 7.68. The number of ether oxygens (including phenoxy) is 1. The van der Waals surface area contributed by atoms with Gasteiger partial charge in [-0.2, -0.15) is 0 Å². The Morgan fingerprint density at radius 2 is 2.32 bits per heavy atom. The first kappa shape index (κ1) is 14.5. The van der Waals surface area contributed by atoms with Crippen LogP contribution in [0.4, 0.5) is 0 Å². The summed E-state index contributed by atoms with van der Waals surface area (Å²) >= 11 is 0. The van der Waals surface area contributed by atoms with Crippen molar-refractivity contribution in [3.05, 3.63) is 35.4 Å². The van der Waals surface area contributed by atoms with Crippen LogP contribution in [0, 0.1) is 6.92 Å². The molecule has 0 aromatic heterocycles. The summed E-state index contributed by atoms with van der Waals surface area (Å²) in [5, 5.41) is 3.50. The third-order valence-electron chi connectivity index (χ3n) is 4.02. The fourth-order valence-corrected chi connectivity index (χ4v) is 2.89. The maximum absolute atomic E-state index is 5.75. The first-order chi connectivity index (χ1) is 9.29. The number of aryl methyl sites for hydroxylation is 1. The minimum atomic E-state index is 0.508. The summed E-state index contributed by atoms with van der Waals surface area (Å²) in [7, 11) is 0. The lowest BCUT2D eigenvalue weighted by molar-refractivity contribution is 0.101. The average Bonchev–Trinajstić information content (AvgIpc) is 2.92. The molecule has 2 heteroatoms. The molecule has 0 amide bonds. The monoisotopic (exact) mass is 261 g/mol. The van der Waals surface area contributed by atoms with Crippen LogP contribution in [0.5, 0.6) is 0 Å². The molecule has 2 unspecified atom stereocenters. The lowest BCUT2D eigenvalue weighted by Gasteiger charge is -2.20. The van der Waals surface area contributed by atoms with E-state index in [4.69, 9.17) is 4.74 Å². The van der Waals surface area contributed by atoms with Gasteiger partial charge in [0, 0.05) is 13.2 Å². The van der Waals surface area contributed by atoms with Crippen LogP contribution in [-0.2, 0) is 4.74 Å². The molecular weight excluding hydrogens is 234 g/mol. The molecule has 1 aliphatic rings. The zero-order valence-corrected chi connectivity index (χ0v) is 12.3. The number of hydrogen-bond acceptors (Lipinski definition) is 2. The van der Waals surface area contributed by atoms with Crippen molar-refractivity contribution in [2.24, 2.45) is 0 Å². The first-order valence-corrected chi connectivity index (χ1v) is 7.68. The molecule has 1 aliphatic heterocycles. The number of nitrogens with one attached hydrogen (secondary N) is 1. The molecule has 0 aliphatic carbocycles. The summed E-state index contributed by atoms with van der Waals surface area (Å²) < 4.78 is 5.75. The van der Waals surface area contributed by atoms with Gasteiger partial charge in [-0.25, -0.2) is 0 Å². The van der Waals surface area contributed by atoms with Crippen molar-refractivity contribution >= 4 is 0 Å². The van der Waals surface area contributed by atoms with Crippen LogP contribution in [-0.4, -0.2) is 25.8 Å². The zero-order chi connectivity index (χ0) is 13.5. The highest BCUT2D eigenvalue weighted by atomic mass is 16.5. The second kappa shape index (κ2) is 7.66. The van der Waals surface area contributed by atoms with Gasteiger partial charge in [0.1, 0.15) is 0 Å². The molecule has 0 saturated carbocycles. The van der Waals surface area contributed by atoms with E-state index in [2.05, 4.69) is 43.4 Å². The molecule has 2 nitrogen and oxygen atoms in total. The smallest absolute Gasteiger partial charge is 0.0576 e. The third kappa shape index (κ3) is 4.63. The van der Waals surface area contributed by atoms with Crippen LogP contribution >= 0.6 is 0 Å². The van der Waals surface area contributed by atoms with E-state index in [1.807, 2.05) is 0 Å². The van der Waals surface area contributed by atoms with Crippen molar-refractivity contribution in [1.82, 2.24) is 5.32 Å². The molecule has 1 N–H and O–H groups in total. The van der Waals surface area contributed by atoms with Gasteiger partial charge in [0.15, 0.2) is 0 Å². The van der Waals surface area contributed by atoms with Gasteiger partial charge in [0.25, 0.3) is 0 Å². The van der Waals surface area contributed by atoms with E-state index in [9.17, 15) is 0 Å². The van der Waals surface area contributed by atoms with E-state index in [-0.39, 0.29) is 0 Å². The van der Waals surface area contributed by atoms with E-state index < -0.39 is 0 Å². The molecule has 1 fully saturated rings. The highest BCUT2D eigenvalue weighted by Gasteiger charge is 2.18. The summed E-state index contributed by atoms with van der Waals surface area (Å²) in [5.74, 6) is 0.615. The van der Waals surface area contributed by atoms with Gasteiger partial charge in [-0.15, -0.1) is 0 Å². The second-order valence-corrected chi connectivity index (χ2v) is 5.63. The van der Waals surface area contributed by atoms with Crippen LogP contribution in [0.25, 0.3) is 0 Å². The summed E-state index contributed by atoms with van der Waals surface area (Å²) in [5.41, 5.74) is 2.83. The van der Waals surface area contributed by atoms with Crippen molar-refractivity contribution in [3.8, 4) is 0 Å². The standard InChI is InChI=1S/C17H27NO/c1-3-18-13-16(9-10-17-8-5-11-19-17)15-7-4-6-14(2)12-15/h4,6-7,12,16-18H,3,5,8-11,13H2,1-2H3. The minimum Gasteiger partial charge on any atom is -0.378 e. The Labute approximate surface area is 117 Å². The highest BCUT2D eigenvalue weighted by molar-refractivity contribution is 5.25. The molecule has 0 spiro atoms. The van der Waals surface area contributed by atoms with Gasteiger partial charge >= 0.3 is 0 Å². The predicted octanol–water partition coefficient (Wildman–Crippen LogP) is 3.65. The molecular formula is C17H27NO. The van der Waals surface area contributed by atoms with E-state index in [1.165, 1.54) is 36.8 Å². The SMILES string of the molecule is CCNCC(CCC1CCCO1)c1cccc(C)c1. The van der Waals surface area contributed by atoms with Crippen molar-refractivity contribution in [2.75, 3.05) is 19.7 Å². The zero-order valence-electron chi connectivity index (χ0n) is 12.3.